The van der Waals surface area contributed by atoms with Crippen LogP contribution in [0.5, 0.6) is 0 Å². The van der Waals surface area contributed by atoms with Crippen molar-refractivity contribution >= 4 is 15.9 Å². The number of ether oxygens (including phenoxy) is 1. The summed E-state index contributed by atoms with van der Waals surface area (Å²) in [5, 5.41) is 1.25. The number of rotatable bonds is 6. The van der Waals surface area contributed by atoms with Crippen molar-refractivity contribution in [3.05, 3.63) is 0 Å². The van der Waals surface area contributed by atoms with Crippen LogP contribution in [0.25, 0.3) is 0 Å². The van der Waals surface area contributed by atoms with E-state index in [9.17, 15) is 0 Å². The molecule has 1 nitrogen and oxygen atoms in total. The van der Waals surface area contributed by atoms with Gasteiger partial charge in [0.2, 0.25) is 0 Å². The SMILES string of the molecule is BrCC1(CCCCC2CCOCC2)CC2CC2C1. The largest absolute Gasteiger partial charge is 0.381 e. The average Bonchev–Trinajstić information content (AvgIpc) is 3.04. The van der Waals surface area contributed by atoms with Crippen molar-refractivity contribution < 1.29 is 4.74 Å². The normalized spacial score (nSPS) is 39.8. The van der Waals surface area contributed by atoms with Gasteiger partial charge in [0, 0.05) is 18.5 Å². The van der Waals surface area contributed by atoms with Crippen LogP contribution in [-0.2, 0) is 4.74 Å². The van der Waals surface area contributed by atoms with Crippen LogP contribution in [0.1, 0.15) is 57.8 Å². The van der Waals surface area contributed by atoms with E-state index in [1.165, 1.54) is 56.7 Å². The first-order chi connectivity index (χ1) is 8.81. The quantitative estimate of drug-likeness (QED) is 0.506. The number of hydrogen-bond acceptors (Lipinski definition) is 1. The van der Waals surface area contributed by atoms with Crippen molar-refractivity contribution in [2.24, 2.45) is 23.2 Å². The Labute approximate surface area is 120 Å². The molecule has 0 aromatic carbocycles. The van der Waals surface area contributed by atoms with Crippen molar-refractivity contribution in [1.29, 1.82) is 0 Å². The lowest BCUT2D eigenvalue weighted by Crippen LogP contribution is -2.21. The molecule has 104 valence electrons. The zero-order valence-electron chi connectivity index (χ0n) is 11.5. The first kappa shape index (κ1) is 13.4. The van der Waals surface area contributed by atoms with Crippen molar-refractivity contribution in [3.8, 4) is 0 Å². The van der Waals surface area contributed by atoms with E-state index in [0.717, 1.165) is 31.0 Å². The first-order valence-electron chi connectivity index (χ1n) is 7.95. The highest BCUT2D eigenvalue weighted by Crippen LogP contribution is 2.62. The van der Waals surface area contributed by atoms with Crippen LogP contribution < -0.4 is 0 Å². The van der Waals surface area contributed by atoms with E-state index >= 15 is 0 Å². The van der Waals surface area contributed by atoms with E-state index in [4.69, 9.17) is 4.74 Å². The Balaban J connectivity index is 1.33. The summed E-state index contributed by atoms with van der Waals surface area (Å²) >= 11 is 3.79. The Hall–Kier alpha value is 0.440. The van der Waals surface area contributed by atoms with Gasteiger partial charge < -0.3 is 4.74 Å². The van der Waals surface area contributed by atoms with E-state index in [-0.39, 0.29) is 0 Å². The van der Waals surface area contributed by atoms with E-state index in [1.54, 1.807) is 6.42 Å². The highest BCUT2D eigenvalue weighted by molar-refractivity contribution is 9.09. The molecule has 3 aliphatic rings. The summed E-state index contributed by atoms with van der Waals surface area (Å²) in [5.74, 6) is 3.21. The zero-order valence-corrected chi connectivity index (χ0v) is 13.1. The predicted molar refractivity (Wildman–Crippen MR) is 79.1 cm³/mol. The van der Waals surface area contributed by atoms with Gasteiger partial charge in [-0.15, -0.1) is 0 Å². The summed E-state index contributed by atoms with van der Waals surface area (Å²) in [6.45, 7) is 2.03. The molecule has 0 bridgehead atoms. The Kier molecular flexibility index (Phi) is 4.35. The lowest BCUT2D eigenvalue weighted by Gasteiger charge is -2.29. The molecule has 1 aliphatic heterocycles. The van der Waals surface area contributed by atoms with E-state index < -0.39 is 0 Å². The van der Waals surface area contributed by atoms with E-state index in [1.807, 2.05) is 0 Å². The summed E-state index contributed by atoms with van der Waals surface area (Å²) in [5.41, 5.74) is 0.698. The van der Waals surface area contributed by atoms with Crippen LogP contribution in [0.4, 0.5) is 0 Å². The molecule has 2 unspecified atom stereocenters. The highest BCUT2D eigenvalue weighted by Gasteiger charge is 2.52. The molecule has 2 aliphatic carbocycles. The first-order valence-corrected chi connectivity index (χ1v) is 9.07. The second-order valence-corrected chi connectivity index (χ2v) is 7.66. The van der Waals surface area contributed by atoms with Gasteiger partial charge in [-0.3, -0.25) is 0 Å². The molecule has 2 heteroatoms. The zero-order chi connectivity index (χ0) is 12.4. The molecule has 1 heterocycles. The molecule has 3 fully saturated rings. The average molecular weight is 315 g/mol. The monoisotopic (exact) mass is 314 g/mol. The molecule has 18 heavy (non-hydrogen) atoms. The van der Waals surface area contributed by atoms with Crippen LogP contribution in [-0.4, -0.2) is 18.5 Å². The molecular formula is C16H27BrO. The lowest BCUT2D eigenvalue weighted by molar-refractivity contribution is 0.0628. The summed E-state index contributed by atoms with van der Waals surface area (Å²) in [4.78, 5) is 0. The molecule has 0 spiro atoms. The van der Waals surface area contributed by atoms with Crippen molar-refractivity contribution in [2.45, 2.75) is 57.8 Å². The maximum absolute atomic E-state index is 5.43. The van der Waals surface area contributed by atoms with Crippen molar-refractivity contribution in [1.82, 2.24) is 0 Å². The highest BCUT2D eigenvalue weighted by atomic mass is 79.9. The Morgan fingerprint density at radius 1 is 1.06 bits per heavy atom. The minimum Gasteiger partial charge on any atom is -0.381 e. The molecule has 3 rings (SSSR count). The molecular weight excluding hydrogens is 288 g/mol. The van der Waals surface area contributed by atoms with Gasteiger partial charge in [0.05, 0.1) is 0 Å². The number of unbranched alkanes of at least 4 members (excludes halogenated alkanes) is 1. The lowest BCUT2D eigenvalue weighted by atomic mass is 9.80. The summed E-state index contributed by atoms with van der Waals surface area (Å²) in [6.07, 6.45) is 13.1. The van der Waals surface area contributed by atoms with E-state index in [2.05, 4.69) is 15.9 Å². The molecule has 2 saturated carbocycles. The Bertz CT molecular complexity index is 262. The summed E-state index contributed by atoms with van der Waals surface area (Å²) in [6, 6.07) is 0. The number of halogens is 1. The Morgan fingerprint density at radius 2 is 1.78 bits per heavy atom. The Morgan fingerprint density at radius 3 is 2.44 bits per heavy atom. The molecule has 0 N–H and O–H groups in total. The third kappa shape index (κ3) is 3.12. The van der Waals surface area contributed by atoms with Crippen LogP contribution in [0.15, 0.2) is 0 Å². The van der Waals surface area contributed by atoms with Crippen LogP contribution >= 0.6 is 15.9 Å². The molecule has 0 aromatic rings. The molecule has 2 atom stereocenters. The minimum atomic E-state index is 0.698. The summed E-state index contributed by atoms with van der Waals surface area (Å²) < 4.78 is 5.43. The van der Waals surface area contributed by atoms with Gasteiger partial charge in [-0.1, -0.05) is 35.2 Å². The fourth-order valence-electron chi connectivity index (χ4n) is 4.35. The standard InChI is InChI=1S/C16H27BrO/c17-12-16(10-14-9-15(14)11-16)6-2-1-3-13-4-7-18-8-5-13/h13-15H,1-12H2. The van der Waals surface area contributed by atoms with Crippen LogP contribution in [0.2, 0.25) is 0 Å². The third-order valence-corrected chi connectivity index (χ3v) is 6.84. The van der Waals surface area contributed by atoms with Crippen LogP contribution in [0.3, 0.4) is 0 Å². The molecule has 0 radical (unpaired) electrons. The fourth-order valence-corrected chi connectivity index (χ4v) is 5.09. The smallest absolute Gasteiger partial charge is 0.0468 e. The minimum absolute atomic E-state index is 0.698. The predicted octanol–water partition coefficient (Wildman–Crippen LogP) is 4.78. The number of fused-ring (bicyclic) bond motifs is 1. The summed E-state index contributed by atoms with van der Waals surface area (Å²) in [7, 11) is 0. The van der Waals surface area contributed by atoms with Gasteiger partial charge in [-0.2, -0.15) is 0 Å². The third-order valence-electron chi connectivity index (χ3n) is 5.65. The number of alkyl halides is 1. The topological polar surface area (TPSA) is 9.23 Å². The fraction of sp³-hybridized carbons (Fsp3) is 1.00. The second-order valence-electron chi connectivity index (χ2n) is 7.10. The maximum Gasteiger partial charge on any atom is 0.0468 e. The molecule has 1 saturated heterocycles. The van der Waals surface area contributed by atoms with E-state index in [0.29, 0.717) is 5.41 Å². The van der Waals surface area contributed by atoms with Crippen LogP contribution in [0, 0.1) is 23.2 Å². The maximum atomic E-state index is 5.43. The molecule has 0 aromatic heterocycles. The van der Waals surface area contributed by atoms with Gasteiger partial charge >= 0.3 is 0 Å². The van der Waals surface area contributed by atoms with Gasteiger partial charge in [0.15, 0.2) is 0 Å². The van der Waals surface area contributed by atoms with Crippen molar-refractivity contribution in [3.63, 3.8) is 0 Å². The van der Waals surface area contributed by atoms with Gasteiger partial charge in [0.25, 0.3) is 0 Å². The van der Waals surface area contributed by atoms with Crippen molar-refractivity contribution in [2.75, 3.05) is 18.5 Å². The van der Waals surface area contributed by atoms with Gasteiger partial charge in [-0.05, 0) is 61.7 Å². The molecule has 0 amide bonds. The van der Waals surface area contributed by atoms with Gasteiger partial charge in [0.1, 0.15) is 0 Å². The second kappa shape index (κ2) is 5.83. The van der Waals surface area contributed by atoms with Gasteiger partial charge in [-0.25, -0.2) is 0 Å². The number of hydrogen-bond donors (Lipinski definition) is 0.